The molecule has 0 spiro atoms. The summed E-state index contributed by atoms with van der Waals surface area (Å²) in [5.41, 5.74) is 0. The van der Waals surface area contributed by atoms with Crippen LogP contribution in [-0.4, -0.2) is 13.2 Å². The van der Waals surface area contributed by atoms with Gasteiger partial charge in [0.2, 0.25) is 0 Å². The molecule has 0 atom stereocenters. The number of rotatable bonds is 0. The SMILES string of the molecule is C1CCOC1.[I-]. The second-order valence-corrected chi connectivity index (χ2v) is 1.32. The van der Waals surface area contributed by atoms with Gasteiger partial charge in [-0.3, -0.25) is 0 Å². The van der Waals surface area contributed by atoms with E-state index in [1.165, 1.54) is 12.8 Å². The zero-order valence-electron chi connectivity index (χ0n) is 3.61. The van der Waals surface area contributed by atoms with E-state index < -0.39 is 0 Å². The van der Waals surface area contributed by atoms with Crippen molar-refractivity contribution < 1.29 is 28.7 Å². The van der Waals surface area contributed by atoms with Gasteiger partial charge in [0, 0.05) is 13.2 Å². The summed E-state index contributed by atoms with van der Waals surface area (Å²) < 4.78 is 4.94. The molecule has 1 rings (SSSR count). The molecule has 0 unspecified atom stereocenters. The van der Waals surface area contributed by atoms with E-state index in [2.05, 4.69) is 0 Å². The van der Waals surface area contributed by atoms with Crippen LogP contribution >= 0.6 is 0 Å². The fourth-order valence-electron chi connectivity index (χ4n) is 0.510. The molecule has 0 N–H and O–H groups in total. The van der Waals surface area contributed by atoms with Crippen molar-refractivity contribution >= 4 is 0 Å². The van der Waals surface area contributed by atoms with E-state index in [1.807, 2.05) is 0 Å². The van der Waals surface area contributed by atoms with Crippen LogP contribution in [0.15, 0.2) is 0 Å². The molecule has 0 aromatic heterocycles. The lowest BCUT2D eigenvalue weighted by Crippen LogP contribution is -3.00. The van der Waals surface area contributed by atoms with Gasteiger partial charge < -0.3 is 28.7 Å². The maximum absolute atomic E-state index is 4.94. The Balaban J connectivity index is 0.000000250. The van der Waals surface area contributed by atoms with Crippen LogP contribution in [0.1, 0.15) is 12.8 Å². The first-order valence-corrected chi connectivity index (χ1v) is 2.08. The van der Waals surface area contributed by atoms with E-state index >= 15 is 0 Å². The van der Waals surface area contributed by atoms with Crippen molar-refractivity contribution in [3.05, 3.63) is 0 Å². The second kappa shape index (κ2) is 3.87. The monoisotopic (exact) mass is 199 g/mol. The van der Waals surface area contributed by atoms with Gasteiger partial charge in [-0.05, 0) is 12.8 Å². The van der Waals surface area contributed by atoms with Gasteiger partial charge in [0.15, 0.2) is 0 Å². The third-order valence-corrected chi connectivity index (χ3v) is 0.827. The van der Waals surface area contributed by atoms with Gasteiger partial charge in [-0.25, -0.2) is 0 Å². The molecule has 1 saturated heterocycles. The molecule has 0 saturated carbocycles. The van der Waals surface area contributed by atoms with Gasteiger partial charge in [0.05, 0.1) is 0 Å². The minimum absolute atomic E-state index is 0. The summed E-state index contributed by atoms with van der Waals surface area (Å²) in [5, 5.41) is 0. The molecule has 1 aliphatic rings. The number of ether oxygens (including phenoxy) is 1. The summed E-state index contributed by atoms with van der Waals surface area (Å²) in [7, 11) is 0. The summed E-state index contributed by atoms with van der Waals surface area (Å²) >= 11 is 0. The molecule has 1 aliphatic heterocycles. The lowest BCUT2D eigenvalue weighted by Gasteiger charge is -1.76. The fraction of sp³-hybridized carbons (Fsp3) is 1.00. The van der Waals surface area contributed by atoms with E-state index in [-0.39, 0.29) is 24.0 Å². The van der Waals surface area contributed by atoms with Crippen LogP contribution in [0.3, 0.4) is 0 Å². The van der Waals surface area contributed by atoms with E-state index in [0.717, 1.165) is 13.2 Å². The predicted octanol–water partition coefficient (Wildman–Crippen LogP) is -2.20. The first-order valence-electron chi connectivity index (χ1n) is 2.08. The largest absolute Gasteiger partial charge is 1.00 e. The Kier molecular flexibility index (Phi) is 4.31. The van der Waals surface area contributed by atoms with Gasteiger partial charge in [0.1, 0.15) is 0 Å². The average Bonchev–Trinajstić information content (AvgIpc) is 1.76. The molecular formula is C4H8IO-. The predicted molar refractivity (Wildman–Crippen MR) is 20.1 cm³/mol. The van der Waals surface area contributed by atoms with Crippen LogP contribution in [0, 0.1) is 0 Å². The van der Waals surface area contributed by atoms with Crippen LogP contribution in [-0.2, 0) is 4.74 Å². The van der Waals surface area contributed by atoms with E-state index in [9.17, 15) is 0 Å². The van der Waals surface area contributed by atoms with Crippen molar-refractivity contribution in [2.24, 2.45) is 0 Å². The molecular weight excluding hydrogens is 191 g/mol. The number of hydrogen-bond acceptors (Lipinski definition) is 1. The molecule has 1 heterocycles. The van der Waals surface area contributed by atoms with Crippen molar-refractivity contribution in [1.82, 2.24) is 0 Å². The van der Waals surface area contributed by atoms with Gasteiger partial charge in [-0.15, -0.1) is 0 Å². The first-order chi connectivity index (χ1) is 2.50. The highest BCUT2D eigenvalue weighted by Crippen LogP contribution is 1.98. The van der Waals surface area contributed by atoms with Gasteiger partial charge >= 0.3 is 0 Å². The van der Waals surface area contributed by atoms with Crippen molar-refractivity contribution in [2.45, 2.75) is 12.8 Å². The zero-order chi connectivity index (χ0) is 3.54. The van der Waals surface area contributed by atoms with Gasteiger partial charge in [0.25, 0.3) is 0 Å². The molecule has 1 fully saturated rings. The quantitative estimate of drug-likeness (QED) is 0.402. The van der Waals surface area contributed by atoms with Crippen molar-refractivity contribution in [1.29, 1.82) is 0 Å². The third kappa shape index (κ3) is 1.97. The number of hydrogen-bond donors (Lipinski definition) is 0. The topological polar surface area (TPSA) is 9.23 Å². The molecule has 38 valence electrons. The van der Waals surface area contributed by atoms with Crippen molar-refractivity contribution in [3.8, 4) is 0 Å². The van der Waals surface area contributed by atoms with Gasteiger partial charge in [-0.1, -0.05) is 0 Å². The Hall–Kier alpha value is 0.690. The normalized spacial score (nSPS) is 20.0. The zero-order valence-corrected chi connectivity index (χ0v) is 5.77. The summed E-state index contributed by atoms with van der Waals surface area (Å²) in [5.74, 6) is 0. The third-order valence-electron chi connectivity index (χ3n) is 0.827. The minimum Gasteiger partial charge on any atom is -1.00 e. The van der Waals surface area contributed by atoms with E-state index in [0.29, 0.717) is 0 Å². The van der Waals surface area contributed by atoms with Gasteiger partial charge in [-0.2, -0.15) is 0 Å². The van der Waals surface area contributed by atoms with Crippen LogP contribution in [0.2, 0.25) is 0 Å². The molecule has 0 amide bonds. The van der Waals surface area contributed by atoms with Crippen LogP contribution in [0.4, 0.5) is 0 Å². The van der Waals surface area contributed by atoms with E-state index in [1.54, 1.807) is 0 Å². The lowest BCUT2D eigenvalue weighted by molar-refractivity contribution is -0.00000163. The standard InChI is InChI=1S/C4H8O.HI/c1-2-4-5-3-1;/h1-4H2;1H/p-1. The fourth-order valence-corrected chi connectivity index (χ4v) is 0.510. The summed E-state index contributed by atoms with van der Waals surface area (Å²) in [6.07, 6.45) is 2.56. The Bertz CT molecular complexity index is 19.1. The average molecular weight is 199 g/mol. The van der Waals surface area contributed by atoms with E-state index in [4.69, 9.17) is 4.74 Å². The van der Waals surface area contributed by atoms with Crippen molar-refractivity contribution in [3.63, 3.8) is 0 Å². The van der Waals surface area contributed by atoms with Crippen LogP contribution in [0.25, 0.3) is 0 Å². The Labute approximate surface area is 55.1 Å². The molecule has 0 aliphatic carbocycles. The van der Waals surface area contributed by atoms with Crippen molar-refractivity contribution in [2.75, 3.05) is 13.2 Å². The highest BCUT2D eigenvalue weighted by atomic mass is 127. The molecule has 0 bridgehead atoms. The summed E-state index contributed by atoms with van der Waals surface area (Å²) in [6.45, 7) is 2.00. The number of halogens is 1. The maximum Gasteiger partial charge on any atom is 0.0466 e. The Morgan fingerprint density at radius 2 is 1.50 bits per heavy atom. The molecule has 1 nitrogen and oxygen atoms in total. The van der Waals surface area contributed by atoms with Crippen LogP contribution in [0.5, 0.6) is 0 Å². The lowest BCUT2D eigenvalue weighted by atomic mass is 10.4. The molecule has 6 heavy (non-hydrogen) atoms. The highest BCUT2D eigenvalue weighted by molar-refractivity contribution is 4.43. The minimum atomic E-state index is 0. The first kappa shape index (κ1) is 6.69. The second-order valence-electron chi connectivity index (χ2n) is 1.32. The summed E-state index contributed by atoms with van der Waals surface area (Å²) in [6, 6.07) is 0. The summed E-state index contributed by atoms with van der Waals surface area (Å²) in [4.78, 5) is 0. The maximum atomic E-state index is 4.94. The van der Waals surface area contributed by atoms with Crippen LogP contribution < -0.4 is 24.0 Å². The smallest absolute Gasteiger partial charge is 0.0466 e. The molecule has 0 radical (unpaired) electrons. The molecule has 0 aromatic rings. The Morgan fingerprint density at radius 3 is 1.67 bits per heavy atom. The Morgan fingerprint density at radius 1 is 1.00 bits per heavy atom. The highest BCUT2D eigenvalue weighted by Gasteiger charge is 1.94. The molecule has 0 aromatic carbocycles. The molecule has 2 heteroatoms.